The van der Waals surface area contributed by atoms with Crippen LogP contribution in [-0.2, 0) is 0 Å². The maximum atomic E-state index is 5.81. The minimum absolute atomic E-state index is 0.495. The third-order valence-corrected chi connectivity index (χ3v) is 3.73. The minimum atomic E-state index is 0.495. The summed E-state index contributed by atoms with van der Waals surface area (Å²) in [4.78, 5) is 2.60. The maximum Gasteiger partial charge on any atom is 0.124 e. The molecular weight excluding hydrogens is 236 g/mol. The van der Waals surface area contributed by atoms with Crippen molar-refractivity contribution < 1.29 is 4.74 Å². The second-order valence-electron chi connectivity index (χ2n) is 5.06. The molecule has 1 aliphatic heterocycles. The van der Waals surface area contributed by atoms with Gasteiger partial charge < -0.3 is 10.1 Å². The van der Waals surface area contributed by atoms with E-state index >= 15 is 0 Å². The average Bonchev–Trinajstić information content (AvgIpc) is 2.47. The number of piperazine rings is 1. The predicted octanol–water partition coefficient (Wildman–Crippen LogP) is 2.83. The first kappa shape index (κ1) is 14.4. The first-order valence-electron chi connectivity index (χ1n) is 7.53. The number of nitrogens with zero attached hydrogens (tertiary/aromatic N) is 1. The molecule has 1 aliphatic rings. The number of benzene rings is 1. The first-order valence-corrected chi connectivity index (χ1v) is 7.53. The molecule has 3 heteroatoms. The predicted molar refractivity (Wildman–Crippen MR) is 79.7 cm³/mol. The molecule has 1 saturated heterocycles. The van der Waals surface area contributed by atoms with Crippen LogP contribution in [0.1, 0.15) is 38.3 Å². The zero-order valence-electron chi connectivity index (χ0n) is 12.2. The van der Waals surface area contributed by atoms with E-state index in [-0.39, 0.29) is 0 Å². The van der Waals surface area contributed by atoms with Crippen molar-refractivity contribution in [3.05, 3.63) is 29.8 Å². The standard InChI is InChI=1S/C16H26N2O/c1-3-7-15(18-12-10-17-11-13-18)14-8-5-6-9-16(14)19-4-2/h5-6,8-9,15,17H,3-4,7,10-13H2,1-2H3/t15-/m0/s1. The molecule has 0 radical (unpaired) electrons. The van der Waals surface area contributed by atoms with E-state index in [9.17, 15) is 0 Å². The van der Waals surface area contributed by atoms with Gasteiger partial charge in [-0.15, -0.1) is 0 Å². The molecule has 0 unspecified atom stereocenters. The van der Waals surface area contributed by atoms with E-state index in [0.29, 0.717) is 6.04 Å². The van der Waals surface area contributed by atoms with Gasteiger partial charge in [0.05, 0.1) is 6.61 Å². The summed E-state index contributed by atoms with van der Waals surface area (Å²) < 4.78 is 5.81. The molecule has 1 heterocycles. The van der Waals surface area contributed by atoms with E-state index in [1.54, 1.807) is 0 Å². The lowest BCUT2D eigenvalue weighted by atomic mass is 9.99. The van der Waals surface area contributed by atoms with Crippen molar-refractivity contribution in [1.82, 2.24) is 10.2 Å². The van der Waals surface area contributed by atoms with Crippen molar-refractivity contribution in [1.29, 1.82) is 0 Å². The van der Waals surface area contributed by atoms with E-state index in [0.717, 1.165) is 38.5 Å². The molecule has 1 fully saturated rings. The van der Waals surface area contributed by atoms with Crippen LogP contribution in [-0.4, -0.2) is 37.7 Å². The van der Waals surface area contributed by atoms with Crippen LogP contribution in [0.3, 0.4) is 0 Å². The lowest BCUT2D eigenvalue weighted by Gasteiger charge is -2.35. The Morgan fingerprint density at radius 3 is 2.63 bits per heavy atom. The number of ether oxygens (including phenoxy) is 1. The van der Waals surface area contributed by atoms with Gasteiger partial charge in [-0.3, -0.25) is 4.90 Å². The minimum Gasteiger partial charge on any atom is -0.494 e. The first-order chi connectivity index (χ1) is 9.36. The van der Waals surface area contributed by atoms with Crippen LogP contribution in [0.5, 0.6) is 5.75 Å². The molecule has 19 heavy (non-hydrogen) atoms. The summed E-state index contributed by atoms with van der Waals surface area (Å²) in [6.07, 6.45) is 2.40. The molecule has 106 valence electrons. The van der Waals surface area contributed by atoms with Gasteiger partial charge in [-0.05, 0) is 19.4 Å². The second-order valence-corrected chi connectivity index (χ2v) is 5.06. The number of para-hydroxylation sites is 1. The van der Waals surface area contributed by atoms with Crippen molar-refractivity contribution in [3.8, 4) is 5.75 Å². The number of rotatable bonds is 6. The normalized spacial score (nSPS) is 18.2. The van der Waals surface area contributed by atoms with E-state index in [1.807, 2.05) is 0 Å². The number of nitrogens with one attached hydrogen (secondary N) is 1. The van der Waals surface area contributed by atoms with Crippen LogP contribution in [0.15, 0.2) is 24.3 Å². The van der Waals surface area contributed by atoms with Crippen LogP contribution in [0.25, 0.3) is 0 Å². The van der Waals surface area contributed by atoms with Gasteiger partial charge >= 0.3 is 0 Å². The highest BCUT2D eigenvalue weighted by atomic mass is 16.5. The van der Waals surface area contributed by atoms with Crippen molar-refractivity contribution in [2.45, 2.75) is 32.7 Å². The van der Waals surface area contributed by atoms with Gasteiger partial charge in [0.25, 0.3) is 0 Å². The van der Waals surface area contributed by atoms with E-state index in [1.165, 1.54) is 18.4 Å². The molecular formula is C16H26N2O. The monoisotopic (exact) mass is 262 g/mol. The Balaban J connectivity index is 2.21. The lowest BCUT2D eigenvalue weighted by molar-refractivity contribution is 0.161. The fourth-order valence-corrected chi connectivity index (χ4v) is 2.84. The van der Waals surface area contributed by atoms with Gasteiger partial charge in [0, 0.05) is 37.8 Å². The Labute approximate surface area is 116 Å². The van der Waals surface area contributed by atoms with Crippen molar-refractivity contribution >= 4 is 0 Å². The highest BCUT2D eigenvalue weighted by molar-refractivity contribution is 5.36. The Bertz CT molecular complexity index is 375. The molecule has 0 spiro atoms. The van der Waals surface area contributed by atoms with Gasteiger partial charge in [-0.2, -0.15) is 0 Å². The van der Waals surface area contributed by atoms with Gasteiger partial charge in [-0.25, -0.2) is 0 Å². The molecule has 1 atom stereocenters. The molecule has 0 amide bonds. The van der Waals surface area contributed by atoms with Crippen LogP contribution in [0.2, 0.25) is 0 Å². The van der Waals surface area contributed by atoms with Gasteiger partial charge in [0.1, 0.15) is 5.75 Å². The fourth-order valence-electron chi connectivity index (χ4n) is 2.84. The Morgan fingerprint density at radius 1 is 1.21 bits per heavy atom. The summed E-state index contributed by atoms with van der Waals surface area (Å²) in [7, 11) is 0. The zero-order valence-corrected chi connectivity index (χ0v) is 12.2. The van der Waals surface area contributed by atoms with Crippen LogP contribution in [0, 0.1) is 0 Å². The van der Waals surface area contributed by atoms with Crippen LogP contribution in [0.4, 0.5) is 0 Å². The van der Waals surface area contributed by atoms with Gasteiger partial charge in [0.15, 0.2) is 0 Å². The van der Waals surface area contributed by atoms with Crippen LogP contribution >= 0.6 is 0 Å². The molecule has 0 aliphatic carbocycles. The molecule has 0 saturated carbocycles. The third-order valence-electron chi connectivity index (χ3n) is 3.73. The Morgan fingerprint density at radius 2 is 1.95 bits per heavy atom. The molecule has 1 N–H and O–H groups in total. The average molecular weight is 262 g/mol. The molecule has 2 rings (SSSR count). The highest BCUT2D eigenvalue weighted by Crippen LogP contribution is 2.32. The quantitative estimate of drug-likeness (QED) is 0.853. The lowest BCUT2D eigenvalue weighted by Crippen LogP contribution is -2.45. The second kappa shape index (κ2) is 7.51. The summed E-state index contributed by atoms with van der Waals surface area (Å²) in [6.45, 7) is 9.50. The van der Waals surface area contributed by atoms with Crippen LogP contribution < -0.4 is 10.1 Å². The molecule has 0 aromatic heterocycles. The molecule has 1 aromatic carbocycles. The highest BCUT2D eigenvalue weighted by Gasteiger charge is 2.23. The summed E-state index contributed by atoms with van der Waals surface area (Å²) in [5.41, 5.74) is 1.35. The Hall–Kier alpha value is -1.06. The van der Waals surface area contributed by atoms with Crippen molar-refractivity contribution in [3.63, 3.8) is 0 Å². The van der Waals surface area contributed by atoms with E-state index in [2.05, 4.69) is 48.3 Å². The van der Waals surface area contributed by atoms with Crippen molar-refractivity contribution in [2.75, 3.05) is 32.8 Å². The summed E-state index contributed by atoms with van der Waals surface area (Å²) in [5.74, 6) is 1.06. The summed E-state index contributed by atoms with van der Waals surface area (Å²) in [5, 5.41) is 3.43. The molecule has 0 bridgehead atoms. The zero-order chi connectivity index (χ0) is 13.5. The third kappa shape index (κ3) is 3.71. The topological polar surface area (TPSA) is 24.5 Å². The SMILES string of the molecule is CCC[C@@H](c1ccccc1OCC)N1CCNCC1. The number of hydrogen-bond donors (Lipinski definition) is 1. The van der Waals surface area contributed by atoms with E-state index in [4.69, 9.17) is 4.74 Å². The maximum absolute atomic E-state index is 5.81. The summed E-state index contributed by atoms with van der Waals surface area (Å²) in [6, 6.07) is 9.02. The van der Waals surface area contributed by atoms with Gasteiger partial charge in [0.2, 0.25) is 0 Å². The van der Waals surface area contributed by atoms with Crippen molar-refractivity contribution in [2.24, 2.45) is 0 Å². The summed E-state index contributed by atoms with van der Waals surface area (Å²) >= 11 is 0. The molecule has 1 aromatic rings. The van der Waals surface area contributed by atoms with Gasteiger partial charge in [-0.1, -0.05) is 31.5 Å². The number of hydrogen-bond acceptors (Lipinski definition) is 3. The molecule has 3 nitrogen and oxygen atoms in total. The van der Waals surface area contributed by atoms with E-state index < -0.39 is 0 Å². The Kier molecular flexibility index (Phi) is 5.67. The largest absolute Gasteiger partial charge is 0.494 e. The smallest absolute Gasteiger partial charge is 0.124 e. The fraction of sp³-hybridized carbons (Fsp3) is 0.625.